The van der Waals surface area contributed by atoms with E-state index in [9.17, 15) is 4.79 Å². The monoisotopic (exact) mass is 371 g/mol. The number of nitrogens with zero attached hydrogens (tertiary/aromatic N) is 4. The first-order valence-electron chi connectivity index (χ1n) is 9.33. The van der Waals surface area contributed by atoms with Gasteiger partial charge in [0.05, 0.1) is 17.3 Å². The highest BCUT2D eigenvalue weighted by Gasteiger charge is 2.23. The molecule has 138 valence electrons. The molecule has 7 heteroatoms. The van der Waals surface area contributed by atoms with Crippen LogP contribution in [-0.4, -0.2) is 19.3 Å². The number of fused-ring (bicyclic) bond motifs is 3. The van der Waals surface area contributed by atoms with Gasteiger partial charge in [0.15, 0.2) is 0 Å². The zero-order valence-electron chi connectivity index (χ0n) is 15.7. The van der Waals surface area contributed by atoms with Crippen molar-refractivity contribution in [3.05, 3.63) is 33.2 Å². The average molecular weight is 372 g/mol. The standard InChI is InChI=1S/C19H25N5OS/c1-11(2)23-10-13(9-20-23)21-19-22-17-16(18(25)24(19)12(3)4)14-7-5-6-8-15(14)26-17/h9-12H,5-8H2,1-4H3,(H,21,22). The van der Waals surface area contributed by atoms with Gasteiger partial charge in [-0.1, -0.05) is 0 Å². The third kappa shape index (κ3) is 2.84. The molecule has 0 atom stereocenters. The number of rotatable bonds is 4. The Morgan fingerprint density at radius 3 is 2.62 bits per heavy atom. The highest BCUT2D eigenvalue weighted by atomic mass is 32.1. The van der Waals surface area contributed by atoms with Crippen LogP contribution < -0.4 is 10.9 Å². The second-order valence-corrected chi connectivity index (χ2v) is 8.61. The number of hydrogen-bond acceptors (Lipinski definition) is 5. The Hall–Kier alpha value is -2.15. The lowest BCUT2D eigenvalue weighted by molar-refractivity contribution is 0.532. The van der Waals surface area contributed by atoms with Crippen LogP contribution in [0.2, 0.25) is 0 Å². The van der Waals surface area contributed by atoms with Crippen LogP contribution in [0.25, 0.3) is 10.2 Å². The van der Waals surface area contributed by atoms with Crippen molar-refractivity contribution in [3.63, 3.8) is 0 Å². The molecule has 0 radical (unpaired) electrons. The molecule has 4 rings (SSSR count). The van der Waals surface area contributed by atoms with Crippen molar-refractivity contribution in [2.45, 2.75) is 65.5 Å². The van der Waals surface area contributed by atoms with Crippen LogP contribution in [0.15, 0.2) is 17.2 Å². The molecule has 3 aromatic heterocycles. The first kappa shape index (κ1) is 17.3. The van der Waals surface area contributed by atoms with E-state index in [1.54, 1.807) is 22.1 Å². The van der Waals surface area contributed by atoms with Crippen molar-refractivity contribution in [3.8, 4) is 0 Å². The van der Waals surface area contributed by atoms with Crippen LogP contribution in [0, 0.1) is 0 Å². The minimum atomic E-state index is 0.0289. The Kier molecular flexibility index (Phi) is 4.34. The van der Waals surface area contributed by atoms with Gasteiger partial charge in [0.25, 0.3) is 5.56 Å². The lowest BCUT2D eigenvalue weighted by Gasteiger charge is -2.17. The Bertz CT molecular complexity index is 1010. The largest absolute Gasteiger partial charge is 0.323 e. The summed E-state index contributed by atoms with van der Waals surface area (Å²) in [6, 6.07) is 0.318. The first-order valence-corrected chi connectivity index (χ1v) is 10.1. The molecule has 3 aromatic rings. The van der Waals surface area contributed by atoms with Gasteiger partial charge < -0.3 is 5.32 Å². The van der Waals surface area contributed by atoms with Crippen molar-refractivity contribution in [1.29, 1.82) is 0 Å². The summed E-state index contributed by atoms with van der Waals surface area (Å²) in [6.07, 6.45) is 8.16. The summed E-state index contributed by atoms with van der Waals surface area (Å²) >= 11 is 1.68. The molecular formula is C19H25N5OS. The van der Waals surface area contributed by atoms with Gasteiger partial charge in [-0.05, 0) is 58.9 Å². The zero-order valence-corrected chi connectivity index (χ0v) is 16.6. The van der Waals surface area contributed by atoms with Gasteiger partial charge in [0.1, 0.15) is 4.83 Å². The molecule has 0 spiro atoms. The van der Waals surface area contributed by atoms with Crippen LogP contribution in [0.3, 0.4) is 0 Å². The number of nitrogens with one attached hydrogen (secondary N) is 1. The molecule has 1 N–H and O–H groups in total. The SMILES string of the molecule is CC(C)n1cc(Nc2nc3sc4c(c3c(=O)n2C(C)C)CCCC4)cn1. The normalized spacial score (nSPS) is 14.4. The van der Waals surface area contributed by atoms with Gasteiger partial charge in [-0.25, -0.2) is 4.98 Å². The van der Waals surface area contributed by atoms with Crippen LogP contribution in [0.4, 0.5) is 11.6 Å². The van der Waals surface area contributed by atoms with E-state index < -0.39 is 0 Å². The third-order valence-corrected chi connectivity index (χ3v) is 6.11. The molecule has 3 heterocycles. The number of hydrogen-bond donors (Lipinski definition) is 1. The van der Waals surface area contributed by atoms with Crippen LogP contribution in [0.1, 0.15) is 63.1 Å². The fraction of sp³-hybridized carbons (Fsp3) is 0.526. The topological polar surface area (TPSA) is 64.7 Å². The minimum absolute atomic E-state index is 0.0289. The molecule has 26 heavy (non-hydrogen) atoms. The van der Waals surface area contributed by atoms with Gasteiger partial charge in [0, 0.05) is 23.2 Å². The Morgan fingerprint density at radius 2 is 1.92 bits per heavy atom. The molecular weight excluding hydrogens is 346 g/mol. The van der Waals surface area contributed by atoms with Crippen molar-refractivity contribution in [1.82, 2.24) is 19.3 Å². The molecule has 0 bridgehead atoms. The molecule has 0 amide bonds. The van der Waals surface area contributed by atoms with E-state index in [1.807, 2.05) is 24.7 Å². The number of thiophene rings is 1. The van der Waals surface area contributed by atoms with E-state index in [1.165, 1.54) is 16.9 Å². The van der Waals surface area contributed by atoms with Gasteiger partial charge in [-0.15, -0.1) is 11.3 Å². The summed E-state index contributed by atoms with van der Waals surface area (Å²) in [4.78, 5) is 20.3. The van der Waals surface area contributed by atoms with Gasteiger partial charge >= 0.3 is 0 Å². The van der Waals surface area contributed by atoms with Crippen molar-refractivity contribution >= 4 is 33.2 Å². The Morgan fingerprint density at radius 1 is 1.15 bits per heavy atom. The van der Waals surface area contributed by atoms with Crippen molar-refractivity contribution in [2.75, 3.05) is 5.32 Å². The average Bonchev–Trinajstić information content (AvgIpc) is 3.18. The summed E-state index contributed by atoms with van der Waals surface area (Å²) in [5.74, 6) is 0.597. The predicted molar refractivity (Wildman–Crippen MR) is 107 cm³/mol. The van der Waals surface area contributed by atoms with E-state index in [4.69, 9.17) is 4.98 Å². The van der Waals surface area contributed by atoms with Gasteiger partial charge in [-0.2, -0.15) is 5.10 Å². The van der Waals surface area contributed by atoms with Gasteiger partial charge in [-0.3, -0.25) is 14.0 Å². The van der Waals surface area contributed by atoms with E-state index in [2.05, 4.69) is 24.3 Å². The highest BCUT2D eigenvalue weighted by Crippen LogP contribution is 2.35. The maximum absolute atomic E-state index is 13.3. The Balaban J connectivity index is 1.85. The summed E-state index contributed by atoms with van der Waals surface area (Å²) in [5, 5.41) is 8.52. The second-order valence-electron chi connectivity index (χ2n) is 7.52. The smallest absolute Gasteiger partial charge is 0.264 e. The molecule has 1 aliphatic rings. The van der Waals surface area contributed by atoms with E-state index in [0.717, 1.165) is 35.2 Å². The van der Waals surface area contributed by atoms with E-state index in [0.29, 0.717) is 5.95 Å². The molecule has 1 aliphatic carbocycles. The van der Waals surface area contributed by atoms with E-state index >= 15 is 0 Å². The Labute approximate surface area is 156 Å². The molecule has 0 unspecified atom stereocenters. The lowest BCUT2D eigenvalue weighted by Crippen LogP contribution is -2.26. The van der Waals surface area contributed by atoms with Crippen LogP contribution >= 0.6 is 11.3 Å². The van der Waals surface area contributed by atoms with Crippen molar-refractivity contribution in [2.24, 2.45) is 0 Å². The number of aryl methyl sites for hydroxylation is 2. The second kappa shape index (κ2) is 6.54. The predicted octanol–water partition coefficient (Wildman–Crippen LogP) is 4.44. The fourth-order valence-electron chi connectivity index (χ4n) is 3.60. The number of anilines is 2. The quantitative estimate of drug-likeness (QED) is 0.736. The molecule has 0 fully saturated rings. The maximum atomic E-state index is 13.3. The summed E-state index contributed by atoms with van der Waals surface area (Å²) < 4.78 is 3.67. The summed E-state index contributed by atoms with van der Waals surface area (Å²) in [5.41, 5.74) is 2.16. The maximum Gasteiger partial charge on any atom is 0.264 e. The first-order chi connectivity index (χ1) is 12.5. The molecule has 0 saturated carbocycles. The van der Waals surface area contributed by atoms with Crippen LogP contribution in [-0.2, 0) is 12.8 Å². The summed E-state index contributed by atoms with van der Waals surface area (Å²) in [7, 11) is 0. The molecule has 0 saturated heterocycles. The van der Waals surface area contributed by atoms with Crippen LogP contribution in [0.5, 0.6) is 0 Å². The molecule has 6 nitrogen and oxygen atoms in total. The third-order valence-electron chi connectivity index (χ3n) is 4.92. The zero-order chi connectivity index (χ0) is 18.4. The van der Waals surface area contributed by atoms with Crippen molar-refractivity contribution < 1.29 is 0 Å². The fourth-order valence-corrected chi connectivity index (χ4v) is 4.85. The molecule has 0 aromatic carbocycles. The highest BCUT2D eigenvalue weighted by molar-refractivity contribution is 7.18. The van der Waals surface area contributed by atoms with E-state index in [-0.39, 0.29) is 17.6 Å². The minimum Gasteiger partial charge on any atom is -0.323 e. The summed E-state index contributed by atoms with van der Waals surface area (Å²) in [6.45, 7) is 8.22. The number of aromatic nitrogens is 4. The lowest BCUT2D eigenvalue weighted by atomic mass is 9.97. The van der Waals surface area contributed by atoms with Gasteiger partial charge in [0.2, 0.25) is 5.95 Å². The molecule has 0 aliphatic heterocycles.